The van der Waals surface area contributed by atoms with Gasteiger partial charge in [0.25, 0.3) is 0 Å². The van der Waals surface area contributed by atoms with Crippen LogP contribution >= 0.6 is 0 Å². The Balaban J connectivity index is 1.88. The number of imidazole rings is 1. The van der Waals surface area contributed by atoms with Crippen LogP contribution in [0.5, 0.6) is 0 Å². The lowest BCUT2D eigenvalue weighted by Crippen LogP contribution is -2.14. The van der Waals surface area contributed by atoms with Gasteiger partial charge in [-0.1, -0.05) is 26.7 Å². The maximum Gasteiger partial charge on any atom is 0.209 e. The van der Waals surface area contributed by atoms with Crippen molar-refractivity contribution >= 4 is 34.4 Å². The summed E-state index contributed by atoms with van der Waals surface area (Å²) in [6.45, 7) is 8.23. The van der Waals surface area contributed by atoms with Crippen LogP contribution in [0.25, 0.3) is 11.2 Å². The van der Waals surface area contributed by atoms with E-state index in [1.807, 2.05) is 36.4 Å². The maximum absolute atomic E-state index is 11.5. The molecule has 160 valence electrons. The molecule has 0 aliphatic heterocycles. The number of rotatable bonds is 11. The predicted molar refractivity (Wildman–Crippen MR) is 123 cm³/mol. The highest BCUT2D eigenvalue weighted by atomic mass is 16.1. The van der Waals surface area contributed by atoms with Gasteiger partial charge < -0.3 is 16.4 Å². The van der Waals surface area contributed by atoms with Crippen LogP contribution in [0.3, 0.4) is 0 Å². The van der Waals surface area contributed by atoms with E-state index in [4.69, 9.17) is 15.7 Å². The molecule has 0 amide bonds. The van der Waals surface area contributed by atoms with Crippen LogP contribution in [0.1, 0.15) is 50.4 Å². The second-order valence-corrected chi connectivity index (χ2v) is 7.59. The minimum Gasteiger partial charge on any atom is -0.370 e. The molecule has 0 spiro atoms. The molecule has 0 saturated heterocycles. The molecule has 0 radical (unpaired) electrons. The number of aryl methyl sites for hydroxylation is 1. The van der Waals surface area contributed by atoms with Gasteiger partial charge in [0.15, 0.2) is 11.4 Å². The van der Waals surface area contributed by atoms with Gasteiger partial charge in [-0.05, 0) is 62.2 Å². The number of aromatic nitrogens is 3. The molecule has 2 aromatic heterocycles. The number of benzene rings is 1. The van der Waals surface area contributed by atoms with Crippen LogP contribution in [0, 0.1) is 5.92 Å². The maximum atomic E-state index is 11.5. The van der Waals surface area contributed by atoms with Crippen molar-refractivity contribution in [2.24, 2.45) is 11.7 Å². The summed E-state index contributed by atoms with van der Waals surface area (Å²) in [5, 5.41) is 6.83. The minimum atomic E-state index is 0.0503. The fraction of sp³-hybridized carbons (Fsp3) is 0.435. The zero-order valence-corrected chi connectivity index (χ0v) is 18.1. The molecule has 0 atom stereocenters. The Hall–Kier alpha value is -2.93. The van der Waals surface area contributed by atoms with Crippen molar-refractivity contribution in [3.8, 4) is 0 Å². The SMILES string of the molecule is CCC(CC)CNc1ccc2nc(Nc3ccc(C(C)=O)cc3)n(CCCN)c2n1. The first-order valence-electron chi connectivity index (χ1n) is 10.7. The number of ketones is 1. The van der Waals surface area contributed by atoms with Gasteiger partial charge in [0, 0.05) is 24.3 Å². The molecule has 2 heterocycles. The Morgan fingerprint density at radius 2 is 1.83 bits per heavy atom. The molecular weight excluding hydrogens is 376 g/mol. The highest BCUT2D eigenvalue weighted by molar-refractivity contribution is 5.94. The summed E-state index contributed by atoms with van der Waals surface area (Å²) in [5.74, 6) is 2.27. The number of anilines is 3. The second-order valence-electron chi connectivity index (χ2n) is 7.59. The largest absolute Gasteiger partial charge is 0.370 e. The van der Waals surface area contributed by atoms with Crippen molar-refractivity contribution in [1.29, 1.82) is 0 Å². The summed E-state index contributed by atoms with van der Waals surface area (Å²) in [7, 11) is 0. The molecule has 3 aromatic rings. The smallest absolute Gasteiger partial charge is 0.209 e. The van der Waals surface area contributed by atoms with Crippen molar-refractivity contribution in [1.82, 2.24) is 14.5 Å². The molecule has 0 fully saturated rings. The number of hydrogen-bond donors (Lipinski definition) is 3. The first-order valence-corrected chi connectivity index (χ1v) is 10.7. The van der Waals surface area contributed by atoms with Crippen molar-refractivity contribution in [2.75, 3.05) is 23.7 Å². The Labute approximate surface area is 178 Å². The average Bonchev–Trinajstić information content (AvgIpc) is 3.09. The molecule has 7 nitrogen and oxygen atoms in total. The van der Waals surface area contributed by atoms with Crippen LogP contribution in [0.4, 0.5) is 17.5 Å². The van der Waals surface area contributed by atoms with E-state index in [1.54, 1.807) is 6.92 Å². The molecule has 0 bridgehead atoms. The van der Waals surface area contributed by atoms with E-state index in [1.165, 1.54) is 0 Å². The molecule has 1 aromatic carbocycles. The summed E-state index contributed by atoms with van der Waals surface area (Å²) in [6, 6.07) is 11.4. The molecule has 0 aliphatic rings. The second kappa shape index (κ2) is 10.2. The lowest BCUT2D eigenvalue weighted by Gasteiger charge is -2.14. The number of carbonyl (C=O) groups is 1. The highest BCUT2D eigenvalue weighted by Crippen LogP contribution is 2.24. The van der Waals surface area contributed by atoms with Gasteiger partial charge in [-0.15, -0.1) is 0 Å². The fourth-order valence-electron chi connectivity index (χ4n) is 3.40. The summed E-state index contributed by atoms with van der Waals surface area (Å²) < 4.78 is 2.07. The Morgan fingerprint density at radius 3 is 2.47 bits per heavy atom. The van der Waals surface area contributed by atoms with Gasteiger partial charge in [-0.3, -0.25) is 9.36 Å². The molecule has 3 rings (SSSR count). The number of hydrogen-bond acceptors (Lipinski definition) is 6. The van der Waals surface area contributed by atoms with Crippen LogP contribution in [-0.2, 0) is 6.54 Å². The number of pyridine rings is 1. The van der Waals surface area contributed by atoms with E-state index < -0.39 is 0 Å². The molecule has 30 heavy (non-hydrogen) atoms. The fourth-order valence-corrected chi connectivity index (χ4v) is 3.40. The molecule has 0 saturated carbocycles. The number of fused-ring (bicyclic) bond motifs is 1. The first kappa shape index (κ1) is 21.8. The molecule has 4 N–H and O–H groups in total. The van der Waals surface area contributed by atoms with E-state index in [-0.39, 0.29) is 5.78 Å². The van der Waals surface area contributed by atoms with E-state index >= 15 is 0 Å². The summed E-state index contributed by atoms with van der Waals surface area (Å²) in [5.41, 5.74) is 8.99. The van der Waals surface area contributed by atoms with Crippen molar-refractivity contribution < 1.29 is 4.79 Å². The molecule has 0 aliphatic carbocycles. The third-order valence-corrected chi connectivity index (χ3v) is 5.45. The van der Waals surface area contributed by atoms with Crippen molar-refractivity contribution in [2.45, 2.75) is 46.6 Å². The summed E-state index contributed by atoms with van der Waals surface area (Å²) >= 11 is 0. The Kier molecular flexibility index (Phi) is 7.41. The van der Waals surface area contributed by atoms with Crippen LogP contribution in [-0.4, -0.2) is 33.4 Å². The van der Waals surface area contributed by atoms with E-state index in [9.17, 15) is 4.79 Å². The topological polar surface area (TPSA) is 97.9 Å². The van der Waals surface area contributed by atoms with Gasteiger partial charge in [0.05, 0.1) is 0 Å². The molecular formula is C23H32N6O. The van der Waals surface area contributed by atoms with Crippen LogP contribution < -0.4 is 16.4 Å². The minimum absolute atomic E-state index is 0.0503. The third-order valence-electron chi connectivity index (χ3n) is 5.45. The van der Waals surface area contributed by atoms with Gasteiger partial charge in [-0.2, -0.15) is 0 Å². The van der Waals surface area contributed by atoms with Crippen molar-refractivity contribution in [3.63, 3.8) is 0 Å². The van der Waals surface area contributed by atoms with E-state index in [2.05, 4.69) is 29.0 Å². The number of nitrogens with two attached hydrogens (primary N) is 1. The zero-order chi connectivity index (χ0) is 21.5. The Morgan fingerprint density at radius 1 is 1.10 bits per heavy atom. The van der Waals surface area contributed by atoms with Crippen LogP contribution in [0.2, 0.25) is 0 Å². The van der Waals surface area contributed by atoms with Crippen LogP contribution in [0.15, 0.2) is 36.4 Å². The lowest BCUT2D eigenvalue weighted by atomic mass is 10.0. The number of carbonyl (C=O) groups excluding carboxylic acids is 1. The standard InChI is InChI=1S/C23H32N6O/c1-4-17(5-2)15-25-21-12-11-20-22(28-21)29(14-6-13-24)23(27-20)26-19-9-7-18(8-10-19)16(3)30/h7-12,17H,4-6,13-15,24H2,1-3H3,(H,25,28)(H,26,27). The Bertz CT molecular complexity index is 975. The number of nitrogens with zero attached hydrogens (tertiary/aromatic N) is 3. The van der Waals surface area contributed by atoms with Gasteiger partial charge >= 0.3 is 0 Å². The number of Topliss-reactive ketones (excluding diaryl/α,β-unsaturated/α-hetero) is 1. The predicted octanol–water partition coefficient (Wildman–Crippen LogP) is 4.57. The summed E-state index contributed by atoms with van der Waals surface area (Å²) in [6.07, 6.45) is 3.13. The average molecular weight is 409 g/mol. The zero-order valence-electron chi connectivity index (χ0n) is 18.1. The number of nitrogens with one attached hydrogen (secondary N) is 2. The van der Waals surface area contributed by atoms with Gasteiger partial charge in [0.2, 0.25) is 5.95 Å². The van der Waals surface area contributed by atoms with E-state index in [0.717, 1.165) is 61.0 Å². The molecule has 7 heteroatoms. The first-order chi connectivity index (χ1) is 14.5. The normalized spacial score (nSPS) is 11.2. The third kappa shape index (κ3) is 5.16. The quantitative estimate of drug-likeness (QED) is 0.402. The van der Waals surface area contributed by atoms with Gasteiger partial charge in [0.1, 0.15) is 11.3 Å². The summed E-state index contributed by atoms with van der Waals surface area (Å²) in [4.78, 5) is 21.1. The van der Waals surface area contributed by atoms with E-state index in [0.29, 0.717) is 18.0 Å². The van der Waals surface area contributed by atoms with Gasteiger partial charge in [-0.25, -0.2) is 9.97 Å². The highest BCUT2D eigenvalue weighted by Gasteiger charge is 2.14. The van der Waals surface area contributed by atoms with Crippen molar-refractivity contribution in [3.05, 3.63) is 42.0 Å². The molecule has 0 unspecified atom stereocenters. The monoisotopic (exact) mass is 408 g/mol. The lowest BCUT2D eigenvalue weighted by molar-refractivity contribution is 0.101.